The van der Waals surface area contributed by atoms with E-state index in [1.165, 1.54) is 13.8 Å². The number of esters is 2. The number of carbonyl (C=O) groups excluding carboxylic acids is 4. The number of allylic oxidation sites excluding steroid dienone is 1. The number of ether oxygens (including phenoxy) is 2. The van der Waals surface area contributed by atoms with Gasteiger partial charge in [-0.1, -0.05) is 125 Å². The Labute approximate surface area is 387 Å². The van der Waals surface area contributed by atoms with Crippen molar-refractivity contribution in [3.8, 4) is 0 Å². The molecule has 0 bridgehead atoms. The van der Waals surface area contributed by atoms with Crippen LogP contribution in [0, 0.1) is 63.1 Å². The van der Waals surface area contributed by atoms with E-state index in [1.54, 1.807) is 6.08 Å². The van der Waals surface area contributed by atoms with Gasteiger partial charge in [0.05, 0.1) is 5.57 Å². The maximum Gasteiger partial charge on any atom is 2.00 e. The summed E-state index contributed by atoms with van der Waals surface area (Å²) in [5.41, 5.74) is 2.20. The van der Waals surface area contributed by atoms with E-state index in [0.29, 0.717) is 34.4 Å². The Morgan fingerprint density at radius 2 is 1.10 bits per heavy atom. The summed E-state index contributed by atoms with van der Waals surface area (Å²) in [5.74, 6) is -0.590. The van der Waals surface area contributed by atoms with Gasteiger partial charge >= 0.3 is 31.4 Å². The molecule has 1 aromatic heterocycles. The summed E-state index contributed by atoms with van der Waals surface area (Å²) in [5, 5.41) is 7.77. The first-order valence-corrected chi connectivity index (χ1v) is 23.0. The second-order valence-electron chi connectivity index (χ2n) is 23.9. The minimum absolute atomic E-state index is 0. The molecule has 2 amide bonds. The molecule has 2 N–H and O–H groups in total. The van der Waals surface area contributed by atoms with Gasteiger partial charge in [-0.3, -0.25) is 9.59 Å². The third-order valence-electron chi connectivity index (χ3n) is 13.6. The Bertz CT molecular complexity index is 1880. The summed E-state index contributed by atoms with van der Waals surface area (Å²) in [6.07, 6.45) is 4.88. The van der Waals surface area contributed by atoms with Crippen molar-refractivity contribution in [1.29, 1.82) is 0 Å². The van der Waals surface area contributed by atoms with Crippen LogP contribution in [0.2, 0.25) is 0 Å². The number of nitrogens with zero attached hydrogens (tertiary/aromatic N) is 2. The van der Waals surface area contributed by atoms with Crippen LogP contribution in [0.25, 0.3) is 11.4 Å². The number of H-pyrrole nitrogens is 1. The minimum atomic E-state index is -0.540. The number of rotatable bonds is 8. The topological polar surface area (TPSA) is 141 Å². The van der Waals surface area contributed by atoms with E-state index in [2.05, 4.69) is 112 Å². The fraction of sp³-hybridized carbons (Fsp3) is 0.745. The van der Waals surface area contributed by atoms with E-state index in [9.17, 15) is 19.2 Å². The van der Waals surface area contributed by atoms with Gasteiger partial charge < -0.3 is 30.1 Å². The molecule has 4 rings (SSSR count). The first kappa shape index (κ1) is 53.3. The molecule has 62 heavy (non-hydrogen) atoms. The van der Waals surface area contributed by atoms with E-state index in [0.717, 1.165) is 25.7 Å². The van der Waals surface area contributed by atoms with Crippen LogP contribution in [0.3, 0.4) is 0 Å². The fourth-order valence-electron chi connectivity index (χ4n) is 10.6. The van der Waals surface area contributed by atoms with Crippen molar-refractivity contribution in [2.24, 2.45) is 68.1 Å². The molecule has 2 heterocycles. The summed E-state index contributed by atoms with van der Waals surface area (Å²) in [6.45, 7) is 41.9. The number of aromatic amines is 1. The molecule has 1 aliphatic heterocycles. The summed E-state index contributed by atoms with van der Waals surface area (Å²) in [4.78, 5) is 62.7. The number of carbonyl (C=O) groups is 4. The first-order valence-electron chi connectivity index (χ1n) is 23.0. The molecule has 11 heteroatoms. The monoisotopic (exact) mass is 910 g/mol. The van der Waals surface area contributed by atoms with Gasteiger partial charge in [0.15, 0.2) is 0 Å². The van der Waals surface area contributed by atoms with E-state index >= 15 is 0 Å². The van der Waals surface area contributed by atoms with Gasteiger partial charge in [0.25, 0.3) is 0 Å². The minimum Gasteiger partial charge on any atom is -0.458 e. The molecule has 0 aromatic carbocycles. The van der Waals surface area contributed by atoms with Crippen molar-refractivity contribution in [1.82, 2.24) is 4.98 Å². The van der Waals surface area contributed by atoms with Crippen LogP contribution in [0.1, 0.15) is 192 Å². The number of hydrogen-bond acceptors (Lipinski definition) is 6. The van der Waals surface area contributed by atoms with E-state index in [4.69, 9.17) is 14.8 Å². The van der Waals surface area contributed by atoms with Gasteiger partial charge in [0, 0.05) is 36.3 Å². The van der Waals surface area contributed by atoms with Crippen LogP contribution in [-0.4, -0.2) is 46.8 Å². The van der Waals surface area contributed by atoms with Crippen molar-refractivity contribution in [3.05, 3.63) is 39.0 Å². The Hall–Kier alpha value is -3.07. The maximum atomic E-state index is 14.8. The predicted octanol–water partition coefficient (Wildman–Crippen LogP) is 12.7. The second-order valence-corrected chi connectivity index (χ2v) is 23.9. The molecule has 1 aromatic rings. The molecule has 2 saturated carbocycles. The normalized spacial score (nSPS) is 27.6. The Kier molecular flexibility index (Phi) is 16.8. The summed E-state index contributed by atoms with van der Waals surface area (Å²) in [7, 11) is 0. The van der Waals surface area contributed by atoms with Crippen molar-refractivity contribution < 1.29 is 48.1 Å². The number of aliphatic imine (C=N–C) groups is 1. The van der Waals surface area contributed by atoms with Gasteiger partial charge in [0.2, 0.25) is 5.91 Å². The molecular formula is C51H81N4O6Zn+. The van der Waals surface area contributed by atoms with Crippen LogP contribution < -0.4 is 5.32 Å². The molecule has 3 aliphatic rings. The molecule has 4 atom stereocenters. The number of aromatic nitrogens is 1. The maximum absolute atomic E-state index is 14.8. The number of nitrogens with one attached hydrogen (secondary N) is 2. The average molecular weight is 912 g/mol. The van der Waals surface area contributed by atoms with Crippen molar-refractivity contribution in [2.45, 2.75) is 182 Å². The smallest absolute Gasteiger partial charge is 0.458 e. The number of amides is 2. The zero-order valence-corrected chi connectivity index (χ0v) is 45.2. The third kappa shape index (κ3) is 12.2. The Morgan fingerprint density at radius 3 is 1.44 bits per heavy atom. The summed E-state index contributed by atoms with van der Waals surface area (Å²) < 4.78 is 13.4. The van der Waals surface area contributed by atoms with Gasteiger partial charge in [-0.2, -0.15) is 0 Å². The van der Waals surface area contributed by atoms with E-state index in [-0.39, 0.29) is 118 Å². The molecule has 0 saturated heterocycles. The summed E-state index contributed by atoms with van der Waals surface area (Å²) >= 11 is 0. The molecule has 2 aliphatic carbocycles. The van der Waals surface area contributed by atoms with Crippen LogP contribution in [0.15, 0.2) is 21.8 Å². The van der Waals surface area contributed by atoms with Crippen LogP contribution >= 0.6 is 0 Å². The molecule has 342 valence electrons. The molecule has 2 fully saturated rings. The van der Waals surface area contributed by atoms with Crippen LogP contribution in [0.4, 0.5) is 5.82 Å². The van der Waals surface area contributed by atoms with Gasteiger partial charge in [-0.15, -0.1) is 0 Å². The molecule has 0 radical (unpaired) electrons. The summed E-state index contributed by atoms with van der Waals surface area (Å²) in [6, 6.07) is 0. The molecule has 0 spiro atoms. The molecule has 10 nitrogen and oxygen atoms in total. The number of anilines is 1. The molecular weight excluding hydrogens is 830 g/mol. The number of hydrogen-bond donors (Lipinski definition) is 2. The van der Waals surface area contributed by atoms with Crippen LogP contribution in [-0.2, 0) is 43.3 Å². The number of amidine groups is 1. The van der Waals surface area contributed by atoms with E-state index in [1.807, 2.05) is 27.7 Å². The quantitative estimate of drug-likeness (QED) is 0.197. The first-order chi connectivity index (χ1) is 27.7. The SMILES string of the molecule is CC(=O)N=C1[N-]/C(=C\c2[nH]c(NC(C)=O)c(C(=O)OC3C(C(C)(C)C)CC(C)CC3C(C)(C)C)c2C(C)C)C(C(C)C)=C1C(=O)OC1C(C(C)(C)C)CC(C)CC1C(C)(C)C.[Zn+2]. The van der Waals surface area contributed by atoms with Gasteiger partial charge in [-0.25, -0.2) is 9.59 Å². The van der Waals surface area contributed by atoms with E-state index < -0.39 is 17.8 Å². The van der Waals surface area contributed by atoms with Crippen molar-refractivity contribution >= 4 is 41.5 Å². The Morgan fingerprint density at radius 1 is 0.694 bits per heavy atom. The zero-order chi connectivity index (χ0) is 46.5. The second kappa shape index (κ2) is 19.6. The average Bonchev–Trinajstić information content (AvgIpc) is 3.60. The Balaban J connectivity index is 0.0000102. The fourth-order valence-corrected chi connectivity index (χ4v) is 10.6. The zero-order valence-electron chi connectivity index (χ0n) is 42.2. The third-order valence-corrected chi connectivity index (χ3v) is 13.6. The van der Waals surface area contributed by atoms with Gasteiger partial charge in [0.1, 0.15) is 29.5 Å². The predicted molar refractivity (Wildman–Crippen MR) is 248 cm³/mol. The van der Waals surface area contributed by atoms with Crippen LogP contribution in [0.5, 0.6) is 0 Å². The van der Waals surface area contributed by atoms with Crippen molar-refractivity contribution in [3.63, 3.8) is 0 Å². The largest absolute Gasteiger partial charge is 2.00 e. The van der Waals surface area contributed by atoms with Gasteiger partial charge in [-0.05, 0) is 107 Å². The molecule has 4 unspecified atom stereocenters. The standard InChI is InChI=1S/C51H82N4O6.Zn/c1-26(2)38-36(54-44(52-30(7)56)40(38)46(58)60-42-32(48(9,10)11)21-28(5)22-33(42)49(12,13)14)25-37-39(27(3)4)41(45(55-37)53-31(8)57)47(59)61-43-34(50(15,16)17)23-29(6)24-35(43)51(18,19)20;/h25-29,32-35,42-43H,21-24H2,1-20H3,(H3,52,53,54,55,56,57,58,59);/q;+2/p-1. The van der Waals surface area contributed by atoms with Crippen molar-refractivity contribution in [2.75, 3.05) is 5.32 Å².